The molecule has 0 radical (unpaired) electrons. The first-order chi connectivity index (χ1) is 8.69. The Balaban J connectivity index is 2.56. The highest BCUT2D eigenvalue weighted by molar-refractivity contribution is 9.10. The molecular formula is C13H18BrFN2O2. The second kappa shape index (κ2) is 6.34. The molecule has 0 aliphatic rings. The molecule has 0 bridgehead atoms. The highest BCUT2D eigenvalue weighted by atomic mass is 79.9. The van der Waals surface area contributed by atoms with Crippen molar-refractivity contribution in [2.45, 2.75) is 39.3 Å². The maximum atomic E-state index is 13.0. The van der Waals surface area contributed by atoms with Gasteiger partial charge in [-0.05, 0) is 45.4 Å². The smallest absolute Gasteiger partial charge is 0.422 e. The third kappa shape index (κ3) is 5.57. The SMILES string of the molecule is CC(NNC(=O)OC(C)(C)C)c1ccc(F)cc1Br. The summed E-state index contributed by atoms with van der Waals surface area (Å²) in [6.07, 6.45) is -0.558. The fourth-order valence-electron chi connectivity index (χ4n) is 1.40. The van der Waals surface area contributed by atoms with Crippen molar-refractivity contribution in [3.8, 4) is 0 Å². The van der Waals surface area contributed by atoms with E-state index in [9.17, 15) is 9.18 Å². The van der Waals surface area contributed by atoms with E-state index < -0.39 is 11.7 Å². The average Bonchev–Trinajstić information content (AvgIpc) is 2.23. The molecule has 0 spiro atoms. The van der Waals surface area contributed by atoms with Gasteiger partial charge in [0.2, 0.25) is 0 Å². The topological polar surface area (TPSA) is 50.4 Å². The minimum Gasteiger partial charge on any atom is -0.443 e. The molecule has 4 nitrogen and oxygen atoms in total. The van der Waals surface area contributed by atoms with Crippen molar-refractivity contribution < 1.29 is 13.9 Å². The third-order valence-corrected chi connectivity index (χ3v) is 2.91. The lowest BCUT2D eigenvalue weighted by Gasteiger charge is -2.22. The Morgan fingerprint density at radius 2 is 2.05 bits per heavy atom. The molecular weight excluding hydrogens is 315 g/mol. The van der Waals surface area contributed by atoms with E-state index in [4.69, 9.17) is 4.74 Å². The Hall–Kier alpha value is -1.14. The molecule has 0 heterocycles. The highest BCUT2D eigenvalue weighted by Crippen LogP contribution is 2.23. The van der Waals surface area contributed by atoms with Gasteiger partial charge in [-0.25, -0.2) is 14.6 Å². The molecule has 106 valence electrons. The normalized spacial score (nSPS) is 12.9. The minimum atomic E-state index is -0.558. The van der Waals surface area contributed by atoms with Crippen molar-refractivity contribution in [2.75, 3.05) is 0 Å². The van der Waals surface area contributed by atoms with Crippen molar-refractivity contribution in [3.05, 3.63) is 34.1 Å². The predicted octanol–water partition coefficient (Wildman–Crippen LogP) is 3.68. The number of hydrogen-bond acceptors (Lipinski definition) is 3. The molecule has 0 aliphatic heterocycles. The molecule has 0 saturated carbocycles. The van der Waals surface area contributed by atoms with Crippen LogP contribution in [0.2, 0.25) is 0 Å². The van der Waals surface area contributed by atoms with Gasteiger partial charge < -0.3 is 4.74 Å². The standard InChI is InChI=1S/C13H18BrFN2O2/c1-8(10-6-5-9(15)7-11(10)14)16-17-12(18)19-13(2,3)4/h5-8,16H,1-4H3,(H,17,18). The molecule has 6 heteroatoms. The summed E-state index contributed by atoms with van der Waals surface area (Å²) in [5.74, 6) is -0.317. The van der Waals surface area contributed by atoms with Crippen LogP contribution in [0.4, 0.5) is 9.18 Å². The summed E-state index contributed by atoms with van der Waals surface area (Å²) in [7, 11) is 0. The Morgan fingerprint density at radius 3 is 2.58 bits per heavy atom. The lowest BCUT2D eigenvalue weighted by atomic mass is 10.1. The van der Waals surface area contributed by atoms with Crippen LogP contribution in [0.3, 0.4) is 0 Å². The molecule has 0 saturated heterocycles. The Bertz CT molecular complexity index is 460. The summed E-state index contributed by atoms with van der Waals surface area (Å²) >= 11 is 3.28. The molecule has 1 aromatic carbocycles. The Kier molecular flexibility index (Phi) is 5.31. The number of hydrazine groups is 1. The number of ether oxygens (including phenoxy) is 1. The van der Waals surface area contributed by atoms with Crippen LogP contribution in [-0.4, -0.2) is 11.7 Å². The maximum Gasteiger partial charge on any atom is 0.422 e. The second-order valence-electron chi connectivity index (χ2n) is 5.16. The Morgan fingerprint density at radius 1 is 1.42 bits per heavy atom. The molecule has 1 rings (SSSR count). The largest absolute Gasteiger partial charge is 0.443 e. The van der Waals surface area contributed by atoms with Crippen LogP contribution in [-0.2, 0) is 4.74 Å². The van der Waals surface area contributed by atoms with Gasteiger partial charge in [-0.15, -0.1) is 0 Å². The fourth-order valence-corrected chi connectivity index (χ4v) is 2.10. The second-order valence-corrected chi connectivity index (χ2v) is 6.01. The van der Waals surface area contributed by atoms with Crippen LogP contribution >= 0.6 is 15.9 Å². The van der Waals surface area contributed by atoms with E-state index in [2.05, 4.69) is 26.8 Å². The summed E-state index contributed by atoms with van der Waals surface area (Å²) < 4.78 is 18.7. The van der Waals surface area contributed by atoms with Crippen molar-refractivity contribution in [3.63, 3.8) is 0 Å². The van der Waals surface area contributed by atoms with Gasteiger partial charge in [0, 0.05) is 10.5 Å². The van der Waals surface area contributed by atoms with Crippen molar-refractivity contribution in [1.82, 2.24) is 10.9 Å². The number of amides is 1. The van der Waals surface area contributed by atoms with Gasteiger partial charge in [0.15, 0.2) is 0 Å². The van der Waals surface area contributed by atoms with Crippen molar-refractivity contribution in [2.24, 2.45) is 0 Å². The number of carbonyl (C=O) groups is 1. The van der Waals surface area contributed by atoms with Crippen LogP contribution in [0, 0.1) is 5.82 Å². The zero-order valence-corrected chi connectivity index (χ0v) is 13.0. The molecule has 2 N–H and O–H groups in total. The molecule has 1 aromatic rings. The highest BCUT2D eigenvalue weighted by Gasteiger charge is 2.17. The van der Waals surface area contributed by atoms with Gasteiger partial charge in [-0.3, -0.25) is 5.43 Å². The molecule has 1 amide bonds. The molecule has 0 aliphatic carbocycles. The summed E-state index contributed by atoms with van der Waals surface area (Å²) in [5.41, 5.74) is 5.54. The number of nitrogens with one attached hydrogen (secondary N) is 2. The van der Waals surface area contributed by atoms with Crippen molar-refractivity contribution >= 4 is 22.0 Å². The van der Waals surface area contributed by atoms with Crippen LogP contribution in [0.15, 0.2) is 22.7 Å². The molecule has 1 unspecified atom stereocenters. The van der Waals surface area contributed by atoms with E-state index in [0.29, 0.717) is 4.47 Å². The minimum absolute atomic E-state index is 0.192. The summed E-state index contributed by atoms with van der Waals surface area (Å²) in [4.78, 5) is 11.5. The average molecular weight is 333 g/mol. The number of carbonyl (C=O) groups excluding carboxylic acids is 1. The first kappa shape index (κ1) is 15.9. The van der Waals surface area contributed by atoms with E-state index in [-0.39, 0.29) is 11.9 Å². The van der Waals surface area contributed by atoms with Gasteiger partial charge in [0.25, 0.3) is 0 Å². The molecule has 19 heavy (non-hydrogen) atoms. The number of benzene rings is 1. The monoisotopic (exact) mass is 332 g/mol. The van der Waals surface area contributed by atoms with Gasteiger partial charge in [-0.1, -0.05) is 22.0 Å². The van der Waals surface area contributed by atoms with E-state index in [0.717, 1.165) is 5.56 Å². The quantitative estimate of drug-likeness (QED) is 0.830. The fraction of sp³-hybridized carbons (Fsp3) is 0.462. The lowest BCUT2D eigenvalue weighted by Crippen LogP contribution is -2.42. The first-order valence-electron chi connectivity index (χ1n) is 5.88. The van der Waals surface area contributed by atoms with Gasteiger partial charge >= 0.3 is 6.09 Å². The predicted molar refractivity (Wildman–Crippen MR) is 75.0 cm³/mol. The van der Waals surface area contributed by atoms with Crippen LogP contribution in [0.25, 0.3) is 0 Å². The van der Waals surface area contributed by atoms with Crippen LogP contribution in [0.5, 0.6) is 0 Å². The first-order valence-corrected chi connectivity index (χ1v) is 6.68. The summed E-state index contributed by atoms with van der Waals surface area (Å²) in [5, 5.41) is 0. The summed E-state index contributed by atoms with van der Waals surface area (Å²) in [6.45, 7) is 7.20. The zero-order valence-electron chi connectivity index (χ0n) is 11.4. The Labute approximate surface area is 120 Å². The molecule has 0 aromatic heterocycles. The summed E-state index contributed by atoms with van der Waals surface area (Å²) in [6, 6.07) is 4.20. The van der Waals surface area contributed by atoms with Gasteiger partial charge in [0.05, 0.1) is 0 Å². The van der Waals surface area contributed by atoms with E-state index in [1.54, 1.807) is 26.8 Å². The third-order valence-electron chi connectivity index (χ3n) is 2.22. The maximum absolute atomic E-state index is 13.0. The van der Waals surface area contributed by atoms with Gasteiger partial charge in [0.1, 0.15) is 11.4 Å². The van der Waals surface area contributed by atoms with E-state index in [1.165, 1.54) is 12.1 Å². The van der Waals surface area contributed by atoms with E-state index in [1.807, 2.05) is 6.92 Å². The lowest BCUT2D eigenvalue weighted by molar-refractivity contribution is 0.0489. The van der Waals surface area contributed by atoms with Crippen LogP contribution in [0.1, 0.15) is 39.3 Å². The van der Waals surface area contributed by atoms with Gasteiger partial charge in [-0.2, -0.15) is 0 Å². The number of halogens is 2. The molecule has 0 fully saturated rings. The zero-order chi connectivity index (χ0) is 14.6. The van der Waals surface area contributed by atoms with E-state index >= 15 is 0 Å². The van der Waals surface area contributed by atoms with Crippen LogP contribution < -0.4 is 10.9 Å². The molecule has 1 atom stereocenters. The van der Waals surface area contributed by atoms with Crippen molar-refractivity contribution in [1.29, 1.82) is 0 Å². The number of rotatable bonds is 3. The number of hydrogen-bond donors (Lipinski definition) is 2.